The smallest absolute Gasteiger partial charge is 0.320 e. The largest absolute Gasteiger partial charge is 0.480 e. The summed E-state index contributed by atoms with van der Waals surface area (Å²) >= 11 is 0. The first-order valence-corrected chi connectivity index (χ1v) is 6.95. The second kappa shape index (κ2) is 7.00. The summed E-state index contributed by atoms with van der Waals surface area (Å²) < 4.78 is 0. The van der Waals surface area contributed by atoms with Crippen molar-refractivity contribution in [2.75, 3.05) is 6.54 Å². The molecule has 0 amide bonds. The third-order valence-corrected chi connectivity index (χ3v) is 3.70. The Morgan fingerprint density at radius 3 is 2.65 bits per heavy atom. The summed E-state index contributed by atoms with van der Waals surface area (Å²) in [6.45, 7) is 7.31. The lowest BCUT2D eigenvalue weighted by molar-refractivity contribution is -0.140. The van der Waals surface area contributed by atoms with Crippen LogP contribution in [0, 0.1) is 17.8 Å². The average Bonchev–Trinajstić information content (AvgIpc) is 2.23. The molecule has 0 aromatic carbocycles. The van der Waals surface area contributed by atoms with Crippen molar-refractivity contribution in [3.05, 3.63) is 0 Å². The van der Waals surface area contributed by atoms with Crippen LogP contribution >= 0.6 is 0 Å². The van der Waals surface area contributed by atoms with Crippen LogP contribution in [0.15, 0.2) is 0 Å². The number of carboxylic acids is 1. The van der Waals surface area contributed by atoms with Crippen molar-refractivity contribution in [1.29, 1.82) is 0 Å². The van der Waals surface area contributed by atoms with Crippen molar-refractivity contribution in [3.8, 4) is 0 Å². The zero-order valence-electron chi connectivity index (χ0n) is 11.4. The van der Waals surface area contributed by atoms with Gasteiger partial charge in [0, 0.05) is 0 Å². The van der Waals surface area contributed by atoms with E-state index in [0.29, 0.717) is 11.8 Å². The summed E-state index contributed by atoms with van der Waals surface area (Å²) in [6.07, 6.45) is 5.87. The molecule has 0 aliphatic heterocycles. The lowest BCUT2D eigenvalue weighted by Gasteiger charge is -2.28. The van der Waals surface area contributed by atoms with Gasteiger partial charge in [-0.05, 0) is 43.6 Å². The van der Waals surface area contributed by atoms with Crippen LogP contribution in [0.5, 0.6) is 0 Å². The lowest BCUT2D eigenvalue weighted by Crippen LogP contribution is -2.41. The molecule has 3 heteroatoms. The Bertz CT molecular complexity index is 240. The van der Waals surface area contributed by atoms with Crippen molar-refractivity contribution >= 4 is 5.97 Å². The average molecular weight is 241 g/mol. The number of hydrogen-bond donors (Lipinski definition) is 2. The van der Waals surface area contributed by atoms with Gasteiger partial charge in [-0.1, -0.05) is 33.6 Å². The fraction of sp³-hybridized carbons (Fsp3) is 0.929. The number of aliphatic carboxylic acids is 1. The van der Waals surface area contributed by atoms with Gasteiger partial charge in [-0.3, -0.25) is 4.79 Å². The van der Waals surface area contributed by atoms with Gasteiger partial charge in [0.1, 0.15) is 6.04 Å². The van der Waals surface area contributed by atoms with Crippen molar-refractivity contribution in [1.82, 2.24) is 5.32 Å². The molecular formula is C14H27NO2. The van der Waals surface area contributed by atoms with E-state index in [1.54, 1.807) is 0 Å². The highest BCUT2D eigenvalue weighted by Gasteiger charge is 2.22. The first-order valence-electron chi connectivity index (χ1n) is 6.95. The molecule has 0 radical (unpaired) electrons. The molecule has 1 rings (SSSR count). The van der Waals surface area contributed by atoms with E-state index < -0.39 is 5.97 Å². The van der Waals surface area contributed by atoms with Gasteiger partial charge in [0.05, 0.1) is 0 Å². The zero-order valence-corrected chi connectivity index (χ0v) is 11.4. The van der Waals surface area contributed by atoms with Gasteiger partial charge in [-0.15, -0.1) is 0 Å². The van der Waals surface area contributed by atoms with E-state index in [9.17, 15) is 4.79 Å². The van der Waals surface area contributed by atoms with Crippen molar-refractivity contribution in [3.63, 3.8) is 0 Å². The summed E-state index contributed by atoms with van der Waals surface area (Å²) in [5.41, 5.74) is 0. The second-order valence-corrected chi connectivity index (χ2v) is 6.07. The highest BCUT2D eigenvalue weighted by Crippen LogP contribution is 2.28. The molecule has 1 aliphatic rings. The molecule has 0 aromatic rings. The predicted octanol–water partition coefficient (Wildman–Crippen LogP) is 2.90. The fourth-order valence-corrected chi connectivity index (χ4v) is 2.80. The van der Waals surface area contributed by atoms with E-state index in [0.717, 1.165) is 18.9 Å². The molecule has 3 atom stereocenters. The van der Waals surface area contributed by atoms with E-state index in [4.69, 9.17) is 5.11 Å². The van der Waals surface area contributed by atoms with Crippen LogP contribution in [0.25, 0.3) is 0 Å². The zero-order chi connectivity index (χ0) is 12.8. The van der Waals surface area contributed by atoms with E-state index >= 15 is 0 Å². The number of rotatable bonds is 6. The molecule has 0 saturated heterocycles. The molecule has 0 spiro atoms. The maximum Gasteiger partial charge on any atom is 0.320 e. The molecular weight excluding hydrogens is 214 g/mol. The van der Waals surface area contributed by atoms with Crippen molar-refractivity contribution < 1.29 is 9.90 Å². The summed E-state index contributed by atoms with van der Waals surface area (Å²) in [4.78, 5) is 11.1. The highest BCUT2D eigenvalue weighted by molar-refractivity contribution is 5.73. The molecule has 1 fully saturated rings. The second-order valence-electron chi connectivity index (χ2n) is 6.07. The van der Waals surface area contributed by atoms with Crippen LogP contribution in [0.2, 0.25) is 0 Å². The summed E-state index contributed by atoms with van der Waals surface area (Å²) in [5, 5.41) is 12.4. The number of carbonyl (C=O) groups is 1. The summed E-state index contributed by atoms with van der Waals surface area (Å²) in [7, 11) is 0. The first-order chi connectivity index (χ1) is 7.99. The van der Waals surface area contributed by atoms with Gasteiger partial charge in [0.25, 0.3) is 0 Å². The number of carboxylic acid groups (broad SMARTS) is 1. The highest BCUT2D eigenvalue weighted by atomic mass is 16.4. The van der Waals surface area contributed by atoms with Crippen LogP contribution in [0.3, 0.4) is 0 Å². The van der Waals surface area contributed by atoms with Gasteiger partial charge >= 0.3 is 5.97 Å². The summed E-state index contributed by atoms with van der Waals surface area (Å²) in [5.74, 6) is 1.20. The van der Waals surface area contributed by atoms with Crippen molar-refractivity contribution in [2.45, 2.75) is 58.9 Å². The normalized spacial score (nSPS) is 27.1. The van der Waals surface area contributed by atoms with Crippen LogP contribution < -0.4 is 5.32 Å². The Morgan fingerprint density at radius 2 is 2.12 bits per heavy atom. The van der Waals surface area contributed by atoms with Crippen LogP contribution in [-0.4, -0.2) is 23.7 Å². The Morgan fingerprint density at radius 1 is 1.41 bits per heavy atom. The standard InChI is InChI=1S/C14H27NO2/c1-10(2)7-13(14(16)17)15-9-12-6-4-5-11(3)8-12/h10-13,15H,4-9H2,1-3H3,(H,16,17). The number of hydrogen-bond acceptors (Lipinski definition) is 2. The molecule has 1 saturated carbocycles. The van der Waals surface area contributed by atoms with Gasteiger partial charge in [0.2, 0.25) is 0 Å². The van der Waals surface area contributed by atoms with E-state index in [2.05, 4.69) is 26.1 Å². The fourth-order valence-electron chi connectivity index (χ4n) is 2.80. The molecule has 1 aliphatic carbocycles. The minimum absolute atomic E-state index is 0.368. The van der Waals surface area contributed by atoms with Gasteiger partial charge < -0.3 is 10.4 Å². The quantitative estimate of drug-likeness (QED) is 0.751. The SMILES string of the molecule is CC(C)CC(NCC1CCCC(C)C1)C(=O)O. The minimum atomic E-state index is -0.706. The Labute approximate surface area is 105 Å². The maximum atomic E-state index is 11.1. The molecule has 0 bridgehead atoms. The van der Waals surface area contributed by atoms with Crippen LogP contribution in [0.1, 0.15) is 52.9 Å². The molecule has 17 heavy (non-hydrogen) atoms. The molecule has 3 nitrogen and oxygen atoms in total. The maximum absolute atomic E-state index is 11.1. The molecule has 3 unspecified atom stereocenters. The molecule has 100 valence electrons. The van der Waals surface area contributed by atoms with Gasteiger partial charge in [-0.25, -0.2) is 0 Å². The molecule has 0 heterocycles. The van der Waals surface area contributed by atoms with E-state index in [1.807, 2.05) is 0 Å². The Kier molecular flexibility index (Phi) is 5.96. The Balaban J connectivity index is 2.32. The van der Waals surface area contributed by atoms with E-state index in [-0.39, 0.29) is 6.04 Å². The minimum Gasteiger partial charge on any atom is -0.480 e. The van der Waals surface area contributed by atoms with Crippen LogP contribution in [0.4, 0.5) is 0 Å². The summed E-state index contributed by atoms with van der Waals surface area (Å²) in [6, 6.07) is -0.368. The predicted molar refractivity (Wildman–Crippen MR) is 70.0 cm³/mol. The molecule has 2 N–H and O–H groups in total. The third-order valence-electron chi connectivity index (χ3n) is 3.70. The van der Waals surface area contributed by atoms with E-state index in [1.165, 1.54) is 25.7 Å². The Hall–Kier alpha value is -0.570. The molecule has 0 aromatic heterocycles. The topological polar surface area (TPSA) is 49.3 Å². The van der Waals surface area contributed by atoms with Crippen molar-refractivity contribution in [2.24, 2.45) is 17.8 Å². The van der Waals surface area contributed by atoms with Gasteiger partial charge in [0.15, 0.2) is 0 Å². The van der Waals surface area contributed by atoms with Crippen LogP contribution in [-0.2, 0) is 4.79 Å². The number of nitrogens with one attached hydrogen (secondary N) is 1. The first kappa shape index (κ1) is 14.5. The van der Waals surface area contributed by atoms with Gasteiger partial charge in [-0.2, -0.15) is 0 Å². The lowest BCUT2D eigenvalue weighted by atomic mass is 9.82. The third kappa shape index (κ3) is 5.53. The monoisotopic (exact) mass is 241 g/mol.